The van der Waals surface area contributed by atoms with Gasteiger partial charge in [0.2, 0.25) is 0 Å². The van der Waals surface area contributed by atoms with Crippen molar-refractivity contribution in [2.24, 2.45) is 0 Å². The van der Waals surface area contributed by atoms with Gasteiger partial charge in [-0.1, -0.05) is 24.3 Å². The topological polar surface area (TPSA) is 15.7 Å². The molecule has 2 aromatic rings. The monoisotopic (exact) mass is 360 g/mol. The first kappa shape index (κ1) is 19.0. The number of nitrogens with zero attached hydrogens (tertiary/aromatic N) is 2. The summed E-state index contributed by atoms with van der Waals surface area (Å²) in [6, 6.07) is 13.3. The lowest BCUT2D eigenvalue weighted by Crippen LogP contribution is -2.48. The highest BCUT2D eigenvalue weighted by molar-refractivity contribution is 5.32. The zero-order valence-corrected chi connectivity index (χ0v) is 15.2. The Morgan fingerprint density at radius 1 is 0.846 bits per heavy atom. The van der Waals surface area contributed by atoms with Crippen molar-refractivity contribution in [1.29, 1.82) is 0 Å². The molecule has 140 valence electrons. The van der Waals surface area contributed by atoms with Crippen LogP contribution in [-0.4, -0.2) is 56.2 Å². The Morgan fingerprint density at radius 2 is 1.35 bits per heavy atom. The SMILES string of the molecule is COCCCN1CCN(C(c2ccc(F)cc2)c2ccc(F)cc2)CC1. The zero-order valence-electron chi connectivity index (χ0n) is 15.2. The summed E-state index contributed by atoms with van der Waals surface area (Å²) in [6.07, 6.45) is 1.04. The molecule has 0 spiro atoms. The Labute approximate surface area is 154 Å². The minimum absolute atomic E-state index is 0.0114. The molecule has 1 fully saturated rings. The van der Waals surface area contributed by atoms with E-state index in [2.05, 4.69) is 9.80 Å². The molecule has 26 heavy (non-hydrogen) atoms. The fraction of sp³-hybridized carbons (Fsp3) is 0.429. The summed E-state index contributed by atoms with van der Waals surface area (Å²) in [4.78, 5) is 4.84. The van der Waals surface area contributed by atoms with Crippen molar-refractivity contribution in [2.45, 2.75) is 12.5 Å². The molecule has 0 aromatic heterocycles. The molecule has 0 saturated carbocycles. The molecule has 0 atom stereocenters. The number of ether oxygens (including phenoxy) is 1. The summed E-state index contributed by atoms with van der Waals surface area (Å²) in [5.41, 5.74) is 2.07. The highest BCUT2D eigenvalue weighted by atomic mass is 19.1. The van der Waals surface area contributed by atoms with Crippen LogP contribution in [0.15, 0.2) is 48.5 Å². The van der Waals surface area contributed by atoms with Gasteiger partial charge in [-0.3, -0.25) is 4.90 Å². The Morgan fingerprint density at radius 3 is 1.81 bits per heavy atom. The first-order valence-electron chi connectivity index (χ1n) is 9.13. The van der Waals surface area contributed by atoms with Crippen molar-refractivity contribution >= 4 is 0 Å². The molecular formula is C21H26F2N2O. The van der Waals surface area contributed by atoms with Crippen molar-refractivity contribution < 1.29 is 13.5 Å². The van der Waals surface area contributed by atoms with E-state index in [0.717, 1.165) is 56.9 Å². The second-order valence-corrected chi connectivity index (χ2v) is 6.73. The summed E-state index contributed by atoms with van der Waals surface area (Å²) < 4.78 is 31.9. The minimum Gasteiger partial charge on any atom is -0.385 e. The number of benzene rings is 2. The standard InChI is InChI=1S/C21H26F2N2O/c1-26-16-2-11-24-12-14-25(15-13-24)21(17-3-7-19(22)8-4-17)18-5-9-20(23)10-6-18/h3-10,21H,2,11-16H2,1H3. The second kappa shape index (κ2) is 9.21. The maximum Gasteiger partial charge on any atom is 0.123 e. The van der Waals surface area contributed by atoms with Crippen LogP contribution < -0.4 is 0 Å². The van der Waals surface area contributed by atoms with Gasteiger partial charge in [0.15, 0.2) is 0 Å². The molecular weight excluding hydrogens is 334 g/mol. The molecule has 0 bridgehead atoms. The highest BCUT2D eigenvalue weighted by Crippen LogP contribution is 2.30. The maximum atomic E-state index is 13.4. The van der Waals surface area contributed by atoms with E-state index in [1.54, 1.807) is 7.11 Å². The van der Waals surface area contributed by atoms with Crippen LogP contribution in [0.5, 0.6) is 0 Å². The first-order valence-corrected chi connectivity index (χ1v) is 9.13. The van der Waals surface area contributed by atoms with Gasteiger partial charge in [0.1, 0.15) is 11.6 Å². The maximum absolute atomic E-state index is 13.4. The van der Waals surface area contributed by atoms with Gasteiger partial charge in [-0.25, -0.2) is 8.78 Å². The van der Waals surface area contributed by atoms with Gasteiger partial charge in [-0.2, -0.15) is 0 Å². The van der Waals surface area contributed by atoms with Crippen LogP contribution in [0.4, 0.5) is 8.78 Å². The molecule has 2 aromatic carbocycles. The first-order chi connectivity index (χ1) is 12.7. The quantitative estimate of drug-likeness (QED) is 0.700. The van der Waals surface area contributed by atoms with Crippen LogP contribution in [0.2, 0.25) is 0 Å². The predicted molar refractivity (Wildman–Crippen MR) is 99.1 cm³/mol. The van der Waals surface area contributed by atoms with E-state index in [1.807, 2.05) is 24.3 Å². The third kappa shape index (κ3) is 4.87. The molecule has 3 nitrogen and oxygen atoms in total. The molecule has 1 aliphatic rings. The highest BCUT2D eigenvalue weighted by Gasteiger charge is 2.26. The van der Waals surface area contributed by atoms with Gasteiger partial charge in [0.25, 0.3) is 0 Å². The van der Waals surface area contributed by atoms with E-state index in [4.69, 9.17) is 4.74 Å². The van der Waals surface area contributed by atoms with E-state index in [9.17, 15) is 8.78 Å². The van der Waals surface area contributed by atoms with Crippen LogP contribution >= 0.6 is 0 Å². The third-order valence-electron chi connectivity index (χ3n) is 4.97. The lowest BCUT2D eigenvalue weighted by molar-refractivity contribution is 0.0989. The fourth-order valence-electron chi connectivity index (χ4n) is 3.58. The average molecular weight is 360 g/mol. The van der Waals surface area contributed by atoms with E-state index in [1.165, 1.54) is 24.3 Å². The molecule has 5 heteroatoms. The van der Waals surface area contributed by atoms with Crippen molar-refractivity contribution in [3.63, 3.8) is 0 Å². The van der Waals surface area contributed by atoms with Gasteiger partial charge in [0.05, 0.1) is 6.04 Å². The number of methoxy groups -OCH3 is 1. The Hall–Kier alpha value is -1.82. The smallest absolute Gasteiger partial charge is 0.123 e. The zero-order chi connectivity index (χ0) is 18.4. The summed E-state index contributed by atoms with van der Waals surface area (Å²) >= 11 is 0. The van der Waals surface area contributed by atoms with Gasteiger partial charge in [-0.15, -0.1) is 0 Å². The Balaban J connectivity index is 1.74. The van der Waals surface area contributed by atoms with Crippen LogP contribution in [-0.2, 0) is 4.74 Å². The summed E-state index contributed by atoms with van der Waals surface area (Å²) in [5, 5.41) is 0. The molecule has 0 unspecified atom stereocenters. The van der Waals surface area contributed by atoms with Crippen molar-refractivity contribution in [3.8, 4) is 0 Å². The number of hydrogen-bond donors (Lipinski definition) is 0. The van der Waals surface area contributed by atoms with E-state index in [-0.39, 0.29) is 17.7 Å². The van der Waals surface area contributed by atoms with Gasteiger partial charge < -0.3 is 9.64 Å². The molecule has 0 N–H and O–H groups in total. The summed E-state index contributed by atoms with van der Waals surface area (Å²) in [7, 11) is 1.73. The van der Waals surface area contributed by atoms with E-state index >= 15 is 0 Å². The predicted octanol–water partition coefficient (Wildman–Crippen LogP) is 3.71. The number of piperazine rings is 1. The normalized spacial score (nSPS) is 16.3. The molecule has 1 heterocycles. The average Bonchev–Trinajstić information content (AvgIpc) is 2.66. The fourth-order valence-corrected chi connectivity index (χ4v) is 3.58. The number of rotatable bonds is 7. The van der Waals surface area contributed by atoms with Crippen LogP contribution in [0.25, 0.3) is 0 Å². The molecule has 0 aliphatic carbocycles. The second-order valence-electron chi connectivity index (χ2n) is 6.73. The van der Waals surface area contributed by atoms with E-state index in [0.29, 0.717) is 0 Å². The van der Waals surface area contributed by atoms with Gasteiger partial charge >= 0.3 is 0 Å². The van der Waals surface area contributed by atoms with E-state index < -0.39 is 0 Å². The van der Waals surface area contributed by atoms with Crippen molar-refractivity contribution in [2.75, 3.05) is 46.4 Å². The van der Waals surface area contributed by atoms with Crippen LogP contribution in [0, 0.1) is 11.6 Å². The Bertz CT molecular complexity index is 622. The van der Waals surface area contributed by atoms with Crippen LogP contribution in [0.3, 0.4) is 0 Å². The van der Waals surface area contributed by atoms with Gasteiger partial charge in [0, 0.05) is 46.4 Å². The number of hydrogen-bond acceptors (Lipinski definition) is 3. The molecule has 0 amide bonds. The summed E-state index contributed by atoms with van der Waals surface area (Å²) in [5.74, 6) is -0.482. The largest absolute Gasteiger partial charge is 0.385 e. The number of halogens is 2. The third-order valence-corrected chi connectivity index (χ3v) is 4.97. The molecule has 1 saturated heterocycles. The van der Waals surface area contributed by atoms with Gasteiger partial charge in [-0.05, 0) is 41.8 Å². The lowest BCUT2D eigenvalue weighted by atomic mass is 9.96. The molecule has 3 rings (SSSR count). The Kier molecular flexibility index (Phi) is 6.72. The lowest BCUT2D eigenvalue weighted by Gasteiger charge is -2.39. The van der Waals surface area contributed by atoms with Crippen molar-refractivity contribution in [3.05, 3.63) is 71.3 Å². The summed E-state index contributed by atoms with van der Waals surface area (Å²) in [6.45, 7) is 5.65. The minimum atomic E-state index is -0.241. The van der Waals surface area contributed by atoms with Crippen LogP contribution in [0.1, 0.15) is 23.6 Å². The molecule has 1 aliphatic heterocycles. The van der Waals surface area contributed by atoms with Crippen molar-refractivity contribution in [1.82, 2.24) is 9.80 Å². The molecule has 0 radical (unpaired) electrons.